The van der Waals surface area contributed by atoms with Crippen molar-refractivity contribution in [2.75, 3.05) is 6.54 Å². The molecule has 2 aromatic heterocycles. The monoisotopic (exact) mass is 274 g/mol. The molecular weight excluding hydrogens is 252 g/mol. The Morgan fingerprint density at radius 1 is 1.45 bits per heavy atom. The van der Waals surface area contributed by atoms with E-state index in [1.54, 1.807) is 10.7 Å². The summed E-state index contributed by atoms with van der Waals surface area (Å²) in [7, 11) is 0. The Morgan fingerprint density at radius 2 is 2.20 bits per heavy atom. The first-order valence-electron chi connectivity index (χ1n) is 6.87. The molecule has 0 fully saturated rings. The molecule has 0 spiro atoms. The van der Waals surface area contributed by atoms with E-state index in [1.807, 2.05) is 24.4 Å². The maximum Gasteiger partial charge on any atom is 0.255 e. The molecule has 1 atom stereocenters. The molecule has 0 saturated heterocycles. The molecule has 2 aromatic rings. The second-order valence-corrected chi connectivity index (χ2v) is 6.06. The smallest absolute Gasteiger partial charge is 0.255 e. The Bertz CT molecular complexity index is 597. The summed E-state index contributed by atoms with van der Waals surface area (Å²) in [6, 6.07) is 5.71. The zero-order chi connectivity index (χ0) is 14.8. The van der Waals surface area contributed by atoms with E-state index in [4.69, 9.17) is 5.73 Å². The quantitative estimate of drug-likeness (QED) is 0.893. The lowest BCUT2D eigenvalue weighted by Crippen LogP contribution is -2.44. The van der Waals surface area contributed by atoms with Crippen LogP contribution in [-0.2, 0) is 0 Å². The first-order valence-corrected chi connectivity index (χ1v) is 6.87. The predicted molar refractivity (Wildman–Crippen MR) is 79.6 cm³/mol. The summed E-state index contributed by atoms with van der Waals surface area (Å²) < 4.78 is 1.70. The van der Waals surface area contributed by atoms with Gasteiger partial charge in [0.15, 0.2) is 0 Å². The fourth-order valence-electron chi connectivity index (χ4n) is 2.23. The maximum absolute atomic E-state index is 12.4. The van der Waals surface area contributed by atoms with Crippen LogP contribution in [0.15, 0.2) is 30.6 Å². The topological polar surface area (TPSA) is 72.4 Å². The average molecular weight is 274 g/mol. The Hall–Kier alpha value is -1.88. The minimum atomic E-state index is -0.0976. The van der Waals surface area contributed by atoms with Crippen molar-refractivity contribution >= 4 is 11.4 Å². The minimum absolute atomic E-state index is 0.0298. The van der Waals surface area contributed by atoms with Gasteiger partial charge in [0.25, 0.3) is 5.91 Å². The van der Waals surface area contributed by atoms with Gasteiger partial charge in [-0.25, -0.2) is 4.52 Å². The highest BCUT2D eigenvalue weighted by Crippen LogP contribution is 2.22. The number of carbonyl (C=O) groups is 1. The van der Waals surface area contributed by atoms with E-state index in [-0.39, 0.29) is 17.4 Å². The molecule has 1 unspecified atom stereocenters. The van der Waals surface area contributed by atoms with Crippen molar-refractivity contribution in [1.29, 1.82) is 0 Å². The van der Waals surface area contributed by atoms with Crippen LogP contribution in [-0.4, -0.2) is 28.1 Å². The molecule has 20 heavy (non-hydrogen) atoms. The van der Waals surface area contributed by atoms with Crippen LogP contribution in [0, 0.1) is 5.41 Å². The third kappa shape index (κ3) is 2.99. The molecule has 2 heterocycles. The number of carbonyl (C=O) groups excluding carboxylic acids is 1. The van der Waals surface area contributed by atoms with Crippen molar-refractivity contribution in [2.24, 2.45) is 11.1 Å². The number of fused-ring (bicyclic) bond motifs is 1. The molecule has 3 N–H and O–H groups in total. The fraction of sp³-hybridized carbons (Fsp3) is 0.467. The molecule has 0 saturated carbocycles. The van der Waals surface area contributed by atoms with Crippen molar-refractivity contribution in [2.45, 2.75) is 33.2 Å². The van der Waals surface area contributed by atoms with Crippen LogP contribution in [0.1, 0.15) is 37.6 Å². The summed E-state index contributed by atoms with van der Waals surface area (Å²) in [6.07, 6.45) is 4.19. The van der Waals surface area contributed by atoms with Crippen molar-refractivity contribution in [3.05, 3.63) is 36.2 Å². The molecule has 5 heteroatoms. The lowest BCUT2D eigenvalue weighted by Gasteiger charge is -2.31. The fourth-order valence-corrected chi connectivity index (χ4v) is 2.23. The second-order valence-electron chi connectivity index (χ2n) is 6.06. The summed E-state index contributed by atoms with van der Waals surface area (Å²) in [5.41, 5.74) is 7.02. The highest BCUT2D eigenvalue weighted by Gasteiger charge is 2.26. The Labute approximate surface area is 119 Å². The number of amides is 1. The third-order valence-electron chi connectivity index (χ3n) is 3.48. The predicted octanol–water partition coefficient (Wildman–Crippen LogP) is 1.83. The van der Waals surface area contributed by atoms with Gasteiger partial charge in [0, 0.05) is 12.2 Å². The van der Waals surface area contributed by atoms with Gasteiger partial charge in [0.1, 0.15) is 0 Å². The van der Waals surface area contributed by atoms with E-state index in [0.29, 0.717) is 12.1 Å². The number of hydrogen-bond donors (Lipinski definition) is 2. The van der Waals surface area contributed by atoms with Crippen LogP contribution in [0.3, 0.4) is 0 Å². The molecule has 0 aliphatic rings. The summed E-state index contributed by atoms with van der Waals surface area (Å²) in [5.74, 6) is -0.0976. The summed E-state index contributed by atoms with van der Waals surface area (Å²) in [5, 5.41) is 7.27. The zero-order valence-electron chi connectivity index (χ0n) is 12.3. The van der Waals surface area contributed by atoms with Gasteiger partial charge in [0.05, 0.1) is 17.3 Å². The number of nitrogens with zero attached hydrogens (tertiary/aromatic N) is 2. The normalized spacial score (nSPS) is 13.4. The van der Waals surface area contributed by atoms with Crippen molar-refractivity contribution in [3.63, 3.8) is 0 Å². The second kappa shape index (κ2) is 5.63. The molecule has 5 nitrogen and oxygen atoms in total. The van der Waals surface area contributed by atoms with E-state index in [0.717, 1.165) is 11.9 Å². The molecule has 0 aromatic carbocycles. The van der Waals surface area contributed by atoms with Crippen LogP contribution in [0.4, 0.5) is 0 Å². The van der Waals surface area contributed by atoms with Crippen LogP contribution in [0.25, 0.3) is 5.52 Å². The zero-order valence-corrected chi connectivity index (χ0v) is 12.3. The summed E-state index contributed by atoms with van der Waals surface area (Å²) in [6.45, 7) is 6.86. The van der Waals surface area contributed by atoms with Crippen LogP contribution in [0.5, 0.6) is 0 Å². The lowest BCUT2D eigenvalue weighted by atomic mass is 9.84. The van der Waals surface area contributed by atoms with Gasteiger partial charge in [-0.05, 0) is 30.5 Å². The first-order chi connectivity index (χ1) is 9.43. The Balaban J connectivity index is 2.23. The number of hydrogen-bond acceptors (Lipinski definition) is 3. The van der Waals surface area contributed by atoms with E-state index in [9.17, 15) is 4.79 Å². The maximum atomic E-state index is 12.4. The van der Waals surface area contributed by atoms with Crippen LogP contribution >= 0.6 is 0 Å². The number of nitrogens with one attached hydrogen (secondary N) is 1. The molecular formula is C15H22N4O. The van der Waals surface area contributed by atoms with Gasteiger partial charge in [0.2, 0.25) is 0 Å². The highest BCUT2D eigenvalue weighted by atomic mass is 16.1. The van der Waals surface area contributed by atoms with Gasteiger partial charge in [-0.3, -0.25) is 4.79 Å². The average Bonchev–Trinajstić information content (AvgIpc) is 2.81. The number of aromatic nitrogens is 2. The summed E-state index contributed by atoms with van der Waals surface area (Å²) in [4.78, 5) is 12.4. The van der Waals surface area contributed by atoms with E-state index >= 15 is 0 Å². The first kappa shape index (κ1) is 14.5. The highest BCUT2D eigenvalue weighted by molar-refractivity contribution is 6.00. The van der Waals surface area contributed by atoms with Gasteiger partial charge in [-0.15, -0.1) is 0 Å². The molecule has 0 radical (unpaired) electrons. The molecule has 1 amide bonds. The van der Waals surface area contributed by atoms with E-state index < -0.39 is 0 Å². The largest absolute Gasteiger partial charge is 0.349 e. The van der Waals surface area contributed by atoms with Gasteiger partial charge in [-0.2, -0.15) is 5.10 Å². The lowest BCUT2D eigenvalue weighted by molar-refractivity contribution is 0.0900. The Morgan fingerprint density at radius 3 is 2.85 bits per heavy atom. The van der Waals surface area contributed by atoms with Gasteiger partial charge in [-0.1, -0.05) is 26.8 Å². The van der Waals surface area contributed by atoms with Crippen LogP contribution in [0.2, 0.25) is 0 Å². The van der Waals surface area contributed by atoms with Crippen molar-refractivity contribution in [1.82, 2.24) is 14.9 Å². The summed E-state index contributed by atoms with van der Waals surface area (Å²) >= 11 is 0. The number of rotatable bonds is 4. The molecule has 108 valence electrons. The van der Waals surface area contributed by atoms with Crippen molar-refractivity contribution < 1.29 is 4.79 Å². The van der Waals surface area contributed by atoms with Crippen LogP contribution < -0.4 is 11.1 Å². The van der Waals surface area contributed by atoms with E-state index in [2.05, 4.69) is 31.2 Å². The molecule has 2 rings (SSSR count). The molecule has 0 aliphatic carbocycles. The molecule has 0 bridgehead atoms. The van der Waals surface area contributed by atoms with E-state index in [1.165, 1.54) is 0 Å². The standard InChI is InChI=1S/C15H22N4O/c1-15(2,3)13(7-8-16)18-14(20)11-10-17-19-9-5-4-6-12(11)19/h4-6,9-10,13H,7-8,16H2,1-3H3,(H,18,20). The third-order valence-corrected chi connectivity index (χ3v) is 3.48. The van der Waals surface area contributed by atoms with Crippen molar-refractivity contribution in [3.8, 4) is 0 Å². The van der Waals surface area contributed by atoms with Gasteiger partial charge < -0.3 is 11.1 Å². The minimum Gasteiger partial charge on any atom is -0.349 e. The Kier molecular flexibility index (Phi) is 4.09. The van der Waals surface area contributed by atoms with Gasteiger partial charge >= 0.3 is 0 Å². The number of pyridine rings is 1. The SMILES string of the molecule is CC(C)(C)C(CCN)NC(=O)c1cnn2ccccc12. The molecule has 0 aliphatic heterocycles. The number of nitrogens with two attached hydrogens (primary N) is 1.